The maximum absolute atomic E-state index is 13.8. The van der Waals surface area contributed by atoms with Gasteiger partial charge in [-0.25, -0.2) is 8.78 Å². The molecule has 2 aliphatic heterocycles. The van der Waals surface area contributed by atoms with Gasteiger partial charge in [0.15, 0.2) is 0 Å². The number of carbonyl (C=O) groups excluding carboxylic acids is 1. The molecule has 0 radical (unpaired) electrons. The molecule has 3 fully saturated rings. The molecule has 1 amide bonds. The van der Waals surface area contributed by atoms with Crippen molar-refractivity contribution in [3.05, 3.63) is 40.3 Å². The standard InChI is InChI=1S/C16H16F2N2OS/c17-10-6-5-9(11(18)8-10)7-14-15(21)20-13-4-2-1-3-12(13)19-16(20)22-14/h5-8,12-13,16,19H,1-4H2/b14-7-. The lowest BCUT2D eigenvalue weighted by molar-refractivity contribution is -0.127. The first-order valence-electron chi connectivity index (χ1n) is 7.55. The molecule has 3 aliphatic rings. The number of thioether (sulfide) groups is 1. The van der Waals surface area contributed by atoms with Crippen LogP contribution in [0.25, 0.3) is 6.08 Å². The highest BCUT2D eigenvalue weighted by Crippen LogP contribution is 2.43. The minimum atomic E-state index is -0.642. The van der Waals surface area contributed by atoms with Gasteiger partial charge in [-0.2, -0.15) is 0 Å². The number of nitrogens with one attached hydrogen (secondary N) is 1. The molecule has 116 valence electrons. The van der Waals surface area contributed by atoms with E-state index in [9.17, 15) is 13.6 Å². The summed E-state index contributed by atoms with van der Waals surface area (Å²) in [5.41, 5.74) is 0.203. The number of nitrogens with zero attached hydrogens (tertiary/aromatic N) is 1. The highest BCUT2D eigenvalue weighted by molar-refractivity contribution is 8.05. The van der Waals surface area contributed by atoms with Gasteiger partial charge in [-0.15, -0.1) is 0 Å². The molecule has 3 nitrogen and oxygen atoms in total. The number of carbonyl (C=O) groups is 1. The summed E-state index contributed by atoms with van der Waals surface area (Å²) in [6, 6.07) is 4.05. The van der Waals surface area contributed by atoms with Crippen LogP contribution in [0.2, 0.25) is 0 Å². The fourth-order valence-electron chi connectivity index (χ4n) is 3.58. The highest BCUT2D eigenvalue weighted by Gasteiger charge is 2.49. The van der Waals surface area contributed by atoms with Crippen LogP contribution in [-0.2, 0) is 4.79 Å². The van der Waals surface area contributed by atoms with Crippen molar-refractivity contribution in [2.75, 3.05) is 0 Å². The second-order valence-corrected chi connectivity index (χ2v) is 7.10. The maximum atomic E-state index is 13.8. The van der Waals surface area contributed by atoms with Crippen LogP contribution in [0.5, 0.6) is 0 Å². The average Bonchev–Trinajstić information content (AvgIpc) is 2.99. The lowest BCUT2D eigenvalue weighted by atomic mass is 9.91. The van der Waals surface area contributed by atoms with Crippen LogP contribution < -0.4 is 5.32 Å². The van der Waals surface area contributed by atoms with Gasteiger partial charge >= 0.3 is 0 Å². The molecule has 1 aliphatic carbocycles. The van der Waals surface area contributed by atoms with E-state index in [1.807, 2.05) is 4.90 Å². The average molecular weight is 322 g/mol. The van der Waals surface area contributed by atoms with Gasteiger partial charge in [-0.1, -0.05) is 24.6 Å². The molecule has 2 saturated heterocycles. The number of rotatable bonds is 1. The monoisotopic (exact) mass is 322 g/mol. The predicted molar refractivity (Wildman–Crippen MR) is 81.7 cm³/mol. The maximum Gasteiger partial charge on any atom is 0.262 e. The van der Waals surface area contributed by atoms with Crippen molar-refractivity contribution in [1.82, 2.24) is 10.2 Å². The largest absolute Gasteiger partial charge is 0.309 e. The lowest BCUT2D eigenvalue weighted by Gasteiger charge is -2.29. The number of hydrogen-bond acceptors (Lipinski definition) is 3. The van der Waals surface area contributed by atoms with E-state index in [-0.39, 0.29) is 23.0 Å². The van der Waals surface area contributed by atoms with Crippen molar-refractivity contribution in [1.29, 1.82) is 0 Å². The SMILES string of the molecule is O=C1/C(=C/c2ccc(F)cc2F)SC2NC3CCCCC3N12. The second-order valence-electron chi connectivity index (χ2n) is 5.98. The van der Waals surface area contributed by atoms with Crippen LogP contribution in [-0.4, -0.2) is 28.4 Å². The van der Waals surface area contributed by atoms with Crippen LogP contribution in [0.4, 0.5) is 8.78 Å². The Morgan fingerprint density at radius 1 is 1.27 bits per heavy atom. The summed E-state index contributed by atoms with van der Waals surface area (Å²) in [6.07, 6.45) is 6.02. The number of halogens is 2. The highest BCUT2D eigenvalue weighted by atomic mass is 32.2. The Hall–Kier alpha value is -1.40. The molecule has 6 heteroatoms. The fraction of sp³-hybridized carbons (Fsp3) is 0.438. The van der Waals surface area contributed by atoms with Crippen molar-refractivity contribution in [3.63, 3.8) is 0 Å². The van der Waals surface area contributed by atoms with Gasteiger partial charge in [0, 0.05) is 23.7 Å². The molecular weight excluding hydrogens is 306 g/mol. The minimum Gasteiger partial charge on any atom is -0.309 e. The van der Waals surface area contributed by atoms with Gasteiger partial charge in [0.2, 0.25) is 0 Å². The van der Waals surface area contributed by atoms with Crippen LogP contribution >= 0.6 is 11.8 Å². The summed E-state index contributed by atoms with van der Waals surface area (Å²) in [5, 5.41) is 3.50. The van der Waals surface area contributed by atoms with Crippen molar-refractivity contribution in [3.8, 4) is 0 Å². The van der Waals surface area contributed by atoms with E-state index >= 15 is 0 Å². The van der Waals surface area contributed by atoms with E-state index < -0.39 is 11.6 Å². The van der Waals surface area contributed by atoms with Gasteiger partial charge in [-0.3, -0.25) is 10.1 Å². The summed E-state index contributed by atoms with van der Waals surface area (Å²) in [6.45, 7) is 0. The molecule has 1 aromatic carbocycles. The molecule has 3 atom stereocenters. The van der Waals surface area contributed by atoms with Crippen molar-refractivity contribution < 1.29 is 13.6 Å². The third-order valence-corrected chi connectivity index (χ3v) is 5.76. The Kier molecular flexibility index (Phi) is 3.46. The van der Waals surface area contributed by atoms with Gasteiger partial charge < -0.3 is 4.90 Å². The Balaban J connectivity index is 1.61. The van der Waals surface area contributed by atoms with Gasteiger partial charge in [0.25, 0.3) is 5.91 Å². The molecule has 1 saturated carbocycles. The van der Waals surface area contributed by atoms with Crippen LogP contribution in [0.15, 0.2) is 23.1 Å². The first-order valence-corrected chi connectivity index (χ1v) is 8.43. The molecule has 1 aromatic rings. The van der Waals surface area contributed by atoms with Gasteiger partial charge in [0.1, 0.15) is 17.1 Å². The fourth-order valence-corrected chi connectivity index (χ4v) is 4.83. The van der Waals surface area contributed by atoms with Gasteiger partial charge in [0.05, 0.1) is 4.91 Å². The number of hydrogen-bond donors (Lipinski definition) is 1. The van der Waals surface area contributed by atoms with E-state index in [1.165, 1.54) is 36.4 Å². The van der Waals surface area contributed by atoms with E-state index in [0.717, 1.165) is 25.3 Å². The van der Waals surface area contributed by atoms with Crippen LogP contribution in [0, 0.1) is 11.6 Å². The Bertz CT molecular complexity index is 664. The molecule has 3 unspecified atom stereocenters. The molecule has 1 N–H and O–H groups in total. The molecule has 0 aromatic heterocycles. The first-order chi connectivity index (χ1) is 10.6. The zero-order valence-electron chi connectivity index (χ0n) is 11.9. The Morgan fingerprint density at radius 2 is 2.09 bits per heavy atom. The minimum absolute atomic E-state index is 0.0411. The molecule has 22 heavy (non-hydrogen) atoms. The molecule has 2 heterocycles. The summed E-state index contributed by atoms with van der Waals surface area (Å²) in [5.74, 6) is -1.30. The van der Waals surface area contributed by atoms with E-state index in [2.05, 4.69) is 5.32 Å². The zero-order valence-corrected chi connectivity index (χ0v) is 12.7. The lowest BCUT2D eigenvalue weighted by Crippen LogP contribution is -2.40. The predicted octanol–water partition coefficient (Wildman–Crippen LogP) is 3.08. The van der Waals surface area contributed by atoms with Crippen molar-refractivity contribution in [2.24, 2.45) is 0 Å². The molecular formula is C16H16F2N2OS. The number of fused-ring (bicyclic) bond motifs is 3. The van der Waals surface area contributed by atoms with Crippen LogP contribution in [0.1, 0.15) is 31.2 Å². The third kappa shape index (κ3) is 2.25. The third-order valence-electron chi connectivity index (χ3n) is 4.63. The Labute approximate surface area is 131 Å². The summed E-state index contributed by atoms with van der Waals surface area (Å²) < 4.78 is 26.7. The zero-order chi connectivity index (χ0) is 15.3. The summed E-state index contributed by atoms with van der Waals surface area (Å²) in [4.78, 5) is 15.0. The molecule has 4 rings (SSSR count). The first kappa shape index (κ1) is 14.2. The Morgan fingerprint density at radius 3 is 2.91 bits per heavy atom. The van der Waals surface area contributed by atoms with Gasteiger partial charge in [-0.05, 0) is 31.1 Å². The van der Waals surface area contributed by atoms with E-state index in [1.54, 1.807) is 0 Å². The topological polar surface area (TPSA) is 32.3 Å². The second kappa shape index (κ2) is 5.35. The molecule has 0 bridgehead atoms. The van der Waals surface area contributed by atoms with E-state index in [4.69, 9.17) is 0 Å². The quantitative estimate of drug-likeness (QED) is 0.807. The summed E-state index contributed by atoms with van der Waals surface area (Å²) >= 11 is 1.43. The number of amides is 1. The smallest absolute Gasteiger partial charge is 0.262 e. The van der Waals surface area contributed by atoms with Crippen molar-refractivity contribution in [2.45, 2.75) is 43.3 Å². The normalized spacial score (nSPS) is 32.5. The van der Waals surface area contributed by atoms with Crippen LogP contribution in [0.3, 0.4) is 0 Å². The number of benzene rings is 1. The van der Waals surface area contributed by atoms with E-state index in [0.29, 0.717) is 10.9 Å². The van der Waals surface area contributed by atoms with Crippen molar-refractivity contribution >= 4 is 23.7 Å². The summed E-state index contributed by atoms with van der Waals surface area (Å²) in [7, 11) is 0. The molecule has 0 spiro atoms.